The van der Waals surface area contributed by atoms with E-state index in [1.165, 1.54) is 36.9 Å². The summed E-state index contributed by atoms with van der Waals surface area (Å²) in [6.45, 7) is 3.36. The van der Waals surface area contributed by atoms with Crippen molar-refractivity contribution < 1.29 is 38.1 Å². The van der Waals surface area contributed by atoms with E-state index in [2.05, 4.69) is 0 Å². The molecule has 10 heteroatoms. The third-order valence-corrected chi connectivity index (χ3v) is 9.44. The molecule has 0 aliphatic heterocycles. The van der Waals surface area contributed by atoms with Crippen molar-refractivity contribution in [1.82, 2.24) is 0 Å². The quantitative estimate of drug-likeness (QED) is 0.114. The molecule has 0 amide bonds. The Morgan fingerprint density at radius 3 is 1.67 bits per heavy atom. The predicted molar refractivity (Wildman–Crippen MR) is 170 cm³/mol. The molecule has 2 atom stereocenters. The first-order valence-electron chi connectivity index (χ1n) is 13.7. The monoisotopic (exact) mass is 622 g/mol. The number of ether oxygens (including phenoxy) is 4. The van der Waals surface area contributed by atoms with Crippen molar-refractivity contribution in [2.75, 3.05) is 28.4 Å². The SMILES string of the molecule is COC(=O)[C@@H](C)CC(=O)c1cc2cc(C=CCc3cc4cc(C(=O)C[C@H](C)C(=O)OC)sc4cc3OC)c(OC)cc2s1. The molecule has 2 aromatic carbocycles. The lowest BCUT2D eigenvalue weighted by Crippen LogP contribution is -2.16. The van der Waals surface area contributed by atoms with E-state index < -0.39 is 23.8 Å². The second-order valence-corrected chi connectivity index (χ2v) is 12.4. The third-order valence-electron chi connectivity index (χ3n) is 7.16. The minimum absolute atomic E-state index is 0.0853. The maximum Gasteiger partial charge on any atom is 0.308 e. The Balaban J connectivity index is 1.54. The number of esters is 2. The molecule has 0 saturated carbocycles. The Morgan fingerprint density at radius 1 is 0.698 bits per heavy atom. The van der Waals surface area contributed by atoms with Crippen LogP contribution in [-0.4, -0.2) is 51.9 Å². The molecule has 4 aromatic rings. The summed E-state index contributed by atoms with van der Waals surface area (Å²) in [4.78, 5) is 50.3. The summed E-state index contributed by atoms with van der Waals surface area (Å²) in [5.41, 5.74) is 1.81. The summed E-state index contributed by atoms with van der Waals surface area (Å²) in [6, 6.07) is 11.5. The highest BCUT2D eigenvalue weighted by Gasteiger charge is 2.22. The summed E-state index contributed by atoms with van der Waals surface area (Å²) in [6.07, 6.45) is 4.72. The molecule has 0 saturated heterocycles. The highest BCUT2D eigenvalue weighted by molar-refractivity contribution is 7.21. The van der Waals surface area contributed by atoms with Crippen LogP contribution in [0.15, 0.2) is 42.5 Å². The molecule has 0 bridgehead atoms. The van der Waals surface area contributed by atoms with Gasteiger partial charge in [-0.1, -0.05) is 26.0 Å². The predicted octanol–water partition coefficient (Wildman–Crippen LogP) is 7.15. The average Bonchev–Trinajstić information content (AvgIpc) is 3.62. The second kappa shape index (κ2) is 14.0. The number of ketones is 2. The molecule has 0 aliphatic carbocycles. The van der Waals surface area contributed by atoms with Crippen LogP contribution >= 0.6 is 22.7 Å². The lowest BCUT2D eigenvalue weighted by atomic mass is 10.0. The molecule has 2 aromatic heterocycles. The van der Waals surface area contributed by atoms with Gasteiger partial charge in [0.25, 0.3) is 0 Å². The number of benzene rings is 2. The molecule has 43 heavy (non-hydrogen) atoms. The molecule has 0 fully saturated rings. The van der Waals surface area contributed by atoms with Gasteiger partial charge in [0.15, 0.2) is 11.6 Å². The third kappa shape index (κ3) is 7.32. The maximum atomic E-state index is 12.8. The Kier molecular flexibility index (Phi) is 10.4. The van der Waals surface area contributed by atoms with Crippen molar-refractivity contribution in [2.24, 2.45) is 11.8 Å². The van der Waals surface area contributed by atoms with Gasteiger partial charge >= 0.3 is 11.9 Å². The highest BCUT2D eigenvalue weighted by Crippen LogP contribution is 2.36. The second-order valence-electron chi connectivity index (χ2n) is 10.3. The number of allylic oxidation sites excluding steroid dienone is 1. The Hall–Kier alpha value is -4.02. The van der Waals surface area contributed by atoms with E-state index in [1.54, 1.807) is 28.1 Å². The van der Waals surface area contributed by atoms with Crippen LogP contribution in [0.1, 0.15) is 57.2 Å². The summed E-state index contributed by atoms with van der Waals surface area (Å²) < 4.78 is 22.6. The molecule has 226 valence electrons. The fraction of sp³-hybridized carbons (Fsp3) is 0.333. The Labute approximate surface area is 258 Å². The largest absolute Gasteiger partial charge is 0.496 e. The van der Waals surface area contributed by atoms with E-state index in [0.717, 1.165) is 31.3 Å². The number of carbonyl (C=O) groups is 4. The first-order valence-corrected chi connectivity index (χ1v) is 15.3. The molecular formula is C33H34O8S2. The molecule has 0 radical (unpaired) electrons. The lowest BCUT2D eigenvalue weighted by Gasteiger charge is -2.08. The van der Waals surface area contributed by atoms with Crippen LogP contribution in [0.5, 0.6) is 11.5 Å². The molecule has 0 aliphatic rings. The smallest absolute Gasteiger partial charge is 0.308 e. The standard InChI is InChI=1S/C33H34O8S2/c1-18(32(36)40-5)10-24(34)30-14-22-12-20(26(38-3)16-28(22)42-30)8-7-9-21-13-23-15-31(43-29(23)17-27(21)39-4)25(35)11-19(2)33(37)41-6/h7-8,12-19H,9-11H2,1-6H3/t18-,19-/m0/s1. The minimum atomic E-state index is -0.511. The normalized spacial score (nSPS) is 12.8. The van der Waals surface area contributed by atoms with Gasteiger partial charge in [-0.3, -0.25) is 19.2 Å². The Morgan fingerprint density at radius 2 is 1.19 bits per heavy atom. The fourth-order valence-electron chi connectivity index (χ4n) is 4.77. The van der Waals surface area contributed by atoms with E-state index >= 15 is 0 Å². The molecule has 0 unspecified atom stereocenters. The van der Waals surface area contributed by atoms with Crippen molar-refractivity contribution >= 4 is 72.4 Å². The molecule has 0 spiro atoms. The maximum absolute atomic E-state index is 12.8. The highest BCUT2D eigenvalue weighted by atomic mass is 32.1. The van der Waals surface area contributed by atoms with Gasteiger partial charge in [0.2, 0.25) is 0 Å². The van der Waals surface area contributed by atoms with E-state index in [1.807, 2.05) is 48.6 Å². The van der Waals surface area contributed by atoms with Gasteiger partial charge in [-0.25, -0.2) is 0 Å². The summed E-state index contributed by atoms with van der Waals surface area (Å²) in [5, 5.41) is 1.84. The number of thiophene rings is 2. The summed E-state index contributed by atoms with van der Waals surface area (Å²) in [7, 11) is 5.85. The number of hydrogen-bond donors (Lipinski definition) is 0. The average molecular weight is 623 g/mol. The molecular weight excluding hydrogens is 588 g/mol. The van der Waals surface area contributed by atoms with Crippen LogP contribution in [0.2, 0.25) is 0 Å². The van der Waals surface area contributed by atoms with E-state index in [0.29, 0.717) is 27.7 Å². The van der Waals surface area contributed by atoms with Gasteiger partial charge in [0.05, 0.1) is 50.0 Å². The van der Waals surface area contributed by atoms with Crippen LogP contribution < -0.4 is 9.47 Å². The van der Waals surface area contributed by atoms with Crippen molar-refractivity contribution in [3.8, 4) is 11.5 Å². The van der Waals surface area contributed by atoms with Crippen LogP contribution in [0.4, 0.5) is 0 Å². The zero-order chi connectivity index (χ0) is 31.3. The first-order chi connectivity index (χ1) is 20.6. The first kappa shape index (κ1) is 31.9. The Bertz CT molecular complexity index is 1710. The summed E-state index contributed by atoms with van der Waals surface area (Å²) in [5.74, 6) is -0.638. The van der Waals surface area contributed by atoms with E-state index in [-0.39, 0.29) is 24.4 Å². The van der Waals surface area contributed by atoms with Gasteiger partial charge in [-0.15, -0.1) is 22.7 Å². The number of carbonyl (C=O) groups excluding carboxylic acids is 4. The summed E-state index contributed by atoms with van der Waals surface area (Å²) >= 11 is 2.75. The molecule has 4 rings (SSSR count). The van der Waals surface area contributed by atoms with Crippen LogP contribution in [0.3, 0.4) is 0 Å². The number of hydrogen-bond acceptors (Lipinski definition) is 10. The van der Waals surface area contributed by atoms with E-state index in [9.17, 15) is 19.2 Å². The zero-order valence-electron chi connectivity index (χ0n) is 25.0. The zero-order valence-corrected chi connectivity index (χ0v) is 26.6. The van der Waals surface area contributed by atoms with Crippen molar-refractivity contribution in [1.29, 1.82) is 0 Å². The van der Waals surface area contributed by atoms with Gasteiger partial charge < -0.3 is 18.9 Å². The van der Waals surface area contributed by atoms with Crippen molar-refractivity contribution in [3.05, 3.63) is 63.4 Å². The van der Waals surface area contributed by atoms with Gasteiger partial charge in [-0.05, 0) is 59.2 Å². The van der Waals surface area contributed by atoms with Crippen molar-refractivity contribution in [3.63, 3.8) is 0 Å². The molecule has 0 N–H and O–H groups in total. The number of methoxy groups -OCH3 is 4. The van der Waals surface area contributed by atoms with Gasteiger partial charge in [-0.2, -0.15) is 0 Å². The van der Waals surface area contributed by atoms with E-state index in [4.69, 9.17) is 18.9 Å². The number of rotatable bonds is 13. The number of fused-ring (bicyclic) bond motifs is 2. The minimum Gasteiger partial charge on any atom is -0.496 e. The van der Waals surface area contributed by atoms with Crippen LogP contribution in [0, 0.1) is 11.8 Å². The van der Waals surface area contributed by atoms with Gasteiger partial charge in [0, 0.05) is 27.8 Å². The lowest BCUT2D eigenvalue weighted by molar-refractivity contribution is -0.145. The van der Waals surface area contributed by atoms with Gasteiger partial charge in [0.1, 0.15) is 11.5 Å². The van der Waals surface area contributed by atoms with Crippen LogP contribution in [-0.2, 0) is 25.5 Å². The van der Waals surface area contributed by atoms with Crippen LogP contribution in [0.25, 0.3) is 26.2 Å². The number of Topliss-reactive ketones (excluding diaryl/α,β-unsaturated/α-hetero) is 2. The topological polar surface area (TPSA) is 105 Å². The molecule has 2 heterocycles. The molecule has 8 nitrogen and oxygen atoms in total. The van der Waals surface area contributed by atoms with Crippen molar-refractivity contribution in [2.45, 2.75) is 33.1 Å². The fourth-order valence-corrected chi connectivity index (χ4v) is 6.82.